The molecule has 0 aliphatic heterocycles. The van der Waals surface area contributed by atoms with Gasteiger partial charge in [0.05, 0.1) is 17.6 Å². The zero-order valence-corrected chi connectivity index (χ0v) is 9.55. The highest BCUT2D eigenvalue weighted by atomic mass is 19.1. The Balaban J connectivity index is 2.09. The Hall–Kier alpha value is -2.27. The van der Waals surface area contributed by atoms with Gasteiger partial charge in [-0.1, -0.05) is 0 Å². The number of rotatable bonds is 2. The monoisotopic (exact) mass is 242 g/mol. The van der Waals surface area contributed by atoms with Gasteiger partial charge in [0.15, 0.2) is 5.65 Å². The quantitative estimate of drug-likeness (QED) is 0.747. The van der Waals surface area contributed by atoms with Gasteiger partial charge >= 0.3 is 0 Å². The average molecular weight is 242 g/mol. The molecule has 0 bridgehead atoms. The van der Waals surface area contributed by atoms with Crippen LogP contribution in [0, 0.1) is 5.82 Å². The zero-order chi connectivity index (χ0) is 12.5. The summed E-state index contributed by atoms with van der Waals surface area (Å²) in [4.78, 5) is 4.30. The van der Waals surface area contributed by atoms with E-state index in [4.69, 9.17) is 5.73 Å². The molecule has 0 aliphatic carbocycles. The van der Waals surface area contributed by atoms with Gasteiger partial charge in [-0.05, 0) is 36.4 Å². The van der Waals surface area contributed by atoms with Crippen molar-refractivity contribution in [3.63, 3.8) is 0 Å². The molecule has 0 fully saturated rings. The Bertz CT molecular complexity index is 688. The summed E-state index contributed by atoms with van der Waals surface area (Å²) < 4.78 is 14.5. The van der Waals surface area contributed by atoms with Crippen LogP contribution in [0.5, 0.6) is 0 Å². The Labute approximate surface area is 103 Å². The fourth-order valence-corrected chi connectivity index (χ4v) is 1.80. The number of nitrogens with zero attached hydrogens (tertiary/aromatic N) is 3. The van der Waals surface area contributed by atoms with Gasteiger partial charge in [-0.3, -0.25) is 0 Å². The molecule has 2 N–H and O–H groups in total. The lowest BCUT2D eigenvalue weighted by Gasteiger charge is -2.01. The number of hydrogen-bond donors (Lipinski definition) is 1. The van der Waals surface area contributed by atoms with Crippen LogP contribution in [0.3, 0.4) is 0 Å². The van der Waals surface area contributed by atoms with Crippen LogP contribution in [-0.2, 0) is 6.54 Å². The van der Waals surface area contributed by atoms with Crippen molar-refractivity contribution in [2.45, 2.75) is 6.54 Å². The molecule has 0 spiro atoms. The van der Waals surface area contributed by atoms with Crippen LogP contribution in [0.15, 0.2) is 42.6 Å². The fourth-order valence-electron chi connectivity index (χ4n) is 1.80. The smallest absolute Gasteiger partial charge is 0.153 e. The van der Waals surface area contributed by atoms with Gasteiger partial charge in [-0.2, -0.15) is 5.10 Å². The van der Waals surface area contributed by atoms with Crippen LogP contribution in [0.4, 0.5) is 4.39 Å². The summed E-state index contributed by atoms with van der Waals surface area (Å²) >= 11 is 0. The Morgan fingerprint density at radius 1 is 1.11 bits per heavy atom. The van der Waals surface area contributed by atoms with E-state index in [0.717, 1.165) is 22.6 Å². The number of nitrogens with two attached hydrogens (primary N) is 1. The molecule has 2 heterocycles. The Kier molecular flexibility index (Phi) is 2.53. The van der Waals surface area contributed by atoms with Gasteiger partial charge in [0.25, 0.3) is 0 Å². The van der Waals surface area contributed by atoms with Crippen molar-refractivity contribution < 1.29 is 4.39 Å². The van der Waals surface area contributed by atoms with Crippen molar-refractivity contribution in [1.29, 1.82) is 0 Å². The fraction of sp³-hybridized carbons (Fsp3) is 0.0769. The molecule has 0 unspecified atom stereocenters. The van der Waals surface area contributed by atoms with Gasteiger partial charge in [-0.15, -0.1) is 0 Å². The first-order valence-corrected chi connectivity index (χ1v) is 5.57. The first-order valence-electron chi connectivity index (χ1n) is 5.57. The van der Waals surface area contributed by atoms with Gasteiger partial charge in [0.1, 0.15) is 5.82 Å². The van der Waals surface area contributed by atoms with Crippen LogP contribution in [0.1, 0.15) is 5.69 Å². The molecule has 0 radical (unpaired) electrons. The zero-order valence-electron chi connectivity index (χ0n) is 9.55. The number of benzene rings is 1. The highest BCUT2D eigenvalue weighted by Crippen LogP contribution is 2.17. The second-order valence-corrected chi connectivity index (χ2v) is 3.96. The predicted molar refractivity (Wildman–Crippen MR) is 66.3 cm³/mol. The van der Waals surface area contributed by atoms with E-state index < -0.39 is 0 Å². The SMILES string of the molecule is NCc1cn2nc(-c3ccc(F)cc3)ccc2n1. The minimum atomic E-state index is -0.257. The molecule has 0 amide bonds. The molecule has 5 heteroatoms. The first kappa shape index (κ1) is 10.9. The van der Waals surface area contributed by atoms with E-state index in [-0.39, 0.29) is 5.82 Å². The summed E-state index contributed by atoms with van der Waals surface area (Å²) in [6.07, 6.45) is 1.79. The molecule has 0 aliphatic rings. The molecular formula is C13H11FN4. The normalized spacial score (nSPS) is 11.0. The molecule has 3 rings (SSSR count). The van der Waals surface area contributed by atoms with Crippen LogP contribution < -0.4 is 5.73 Å². The van der Waals surface area contributed by atoms with Gasteiger partial charge in [0.2, 0.25) is 0 Å². The first-order chi connectivity index (χ1) is 8.76. The third-order valence-corrected chi connectivity index (χ3v) is 2.72. The van der Waals surface area contributed by atoms with Gasteiger partial charge < -0.3 is 5.73 Å². The number of fused-ring (bicyclic) bond motifs is 1. The lowest BCUT2D eigenvalue weighted by molar-refractivity contribution is 0.628. The van der Waals surface area contributed by atoms with E-state index in [1.807, 2.05) is 12.1 Å². The van der Waals surface area contributed by atoms with Crippen molar-refractivity contribution >= 4 is 5.65 Å². The molecule has 1 aromatic carbocycles. The maximum atomic E-state index is 12.9. The number of hydrogen-bond acceptors (Lipinski definition) is 3. The molecule has 90 valence electrons. The highest BCUT2D eigenvalue weighted by Gasteiger charge is 2.04. The Morgan fingerprint density at radius 3 is 2.61 bits per heavy atom. The molecule has 2 aromatic heterocycles. The van der Waals surface area contributed by atoms with Crippen LogP contribution in [-0.4, -0.2) is 14.6 Å². The highest BCUT2D eigenvalue weighted by molar-refractivity contribution is 5.60. The molecule has 0 saturated heterocycles. The molecule has 3 aromatic rings. The predicted octanol–water partition coefficient (Wildman–Crippen LogP) is 1.99. The molecule has 18 heavy (non-hydrogen) atoms. The van der Waals surface area contributed by atoms with Crippen LogP contribution >= 0.6 is 0 Å². The van der Waals surface area contributed by atoms with E-state index in [1.165, 1.54) is 12.1 Å². The second-order valence-electron chi connectivity index (χ2n) is 3.96. The van der Waals surface area contributed by atoms with E-state index in [9.17, 15) is 4.39 Å². The lowest BCUT2D eigenvalue weighted by Crippen LogP contribution is -1.95. The van der Waals surface area contributed by atoms with Crippen molar-refractivity contribution in [1.82, 2.24) is 14.6 Å². The summed E-state index contributed by atoms with van der Waals surface area (Å²) in [6.45, 7) is 0.384. The second kappa shape index (κ2) is 4.19. The maximum absolute atomic E-state index is 12.9. The van der Waals surface area contributed by atoms with E-state index in [0.29, 0.717) is 6.54 Å². The summed E-state index contributed by atoms with van der Waals surface area (Å²) in [5.74, 6) is -0.257. The summed E-state index contributed by atoms with van der Waals surface area (Å²) in [5.41, 5.74) is 8.71. The third kappa shape index (κ3) is 1.84. The maximum Gasteiger partial charge on any atom is 0.153 e. The topological polar surface area (TPSA) is 56.2 Å². The molecular weight excluding hydrogens is 231 g/mol. The number of imidazole rings is 1. The summed E-state index contributed by atoms with van der Waals surface area (Å²) in [6, 6.07) is 9.95. The van der Waals surface area contributed by atoms with Gasteiger partial charge in [-0.25, -0.2) is 13.9 Å². The van der Waals surface area contributed by atoms with Gasteiger partial charge in [0, 0.05) is 12.1 Å². The number of aromatic nitrogens is 3. The summed E-state index contributed by atoms with van der Waals surface area (Å²) in [7, 11) is 0. The largest absolute Gasteiger partial charge is 0.325 e. The summed E-state index contributed by atoms with van der Waals surface area (Å²) in [5, 5.41) is 4.42. The third-order valence-electron chi connectivity index (χ3n) is 2.72. The standard InChI is InChI=1S/C13H11FN4/c14-10-3-1-9(2-4-10)12-5-6-13-16-11(7-15)8-18(13)17-12/h1-6,8H,7,15H2. The minimum absolute atomic E-state index is 0.257. The van der Waals surface area contributed by atoms with Crippen molar-refractivity contribution in [2.75, 3.05) is 0 Å². The Morgan fingerprint density at radius 2 is 1.89 bits per heavy atom. The van der Waals surface area contributed by atoms with E-state index in [1.54, 1.807) is 22.8 Å². The molecule has 0 atom stereocenters. The molecule has 0 saturated carbocycles. The van der Waals surface area contributed by atoms with Crippen molar-refractivity contribution in [3.8, 4) is 11.3 Å². The van der Waals surface area contributed by atoms with Crippen molar-refractivity contribution in [3.05, 3.63) is 54.1 Å². The molecule has 4 nitrogen and oxygen atoms in total. The lowest BCUT2D eigenvalue weighted by atomic mass is 10.1. The van der Waals surface area contributed by atoms with Crippen LogP contribution in [0.2, 0.25) is 0 Å². The van der Waals surface area contributed by atoms with Crippen LogP contribution in [0.25, 0.3) is 16.9 Å². The average Bonchev–Trinajstić information content (AvgIpc) is 2.81. The van der Waals surface area contributed by atoms with E-state index in [2.05, 4.69) is 10.1 Å². The van der Waals surface area contributed by atoms with Crippen molar-refractivity contribution in [2.24, 2.45) is 5.73 Å². The van der Waals surface area contributed by atoms with E-state index >= 15 is 0 Å². The minimum Gasteiger partial charge on any atom is -0.325 e. The number of halogens is 1.